The molecular weight excluding hydrogens is 386 g/mol. The van der Waals surface area contributed by atoms with Crippen LogP contribution in [0.1, 0.15) is 65.4 Å². The molecule has 1 aromatic carbocycles. The summed E-state index contributed by atoms with van der Waals surface area (Å²) in [6, 6.07) is 7.82. The first-order valence-electron chi connectivity index (χ1n) is 11.0. The molecule has 0 aliphatic carbocycles. The molecule has 1 rings (SSSR count). The highest BCUT2D eigenvalue weighted by Gasteiger charge is 2.36. The van der Waals surface area contributed by atoms with Crippen LogP contribution in [-0.2, 0) is 4.79 Å². The van der Waals surface area contributed by atoms with Gasteiger partial charge in [0.05, 0.1) is 24.5 Å². The number of carbonyl (C=O) groups excluding carboxylic acids is 1. The van der Waals surface area contributed by atoms with Gasteiger partial charge >= 0.3 is 5.97 Å². The lowest BCUT2D eigenvalue weighted by Gasteiger charge is -2.28. The number of ether oxygens (including phenoxy) is 2. The Kier molecular flexibility index (Phi) is 11.4. The zero-order valence-corrected chi connectivity index (χ0v) is 19.7. The second-order valence-corrected chi connectivity index (χ2v) is 8.24. The van der Waals surface area contributed by atoms with Crippen LogP contribution < -0.4 is 9.47 Å². The molecule has 0 aliphatic heterocycles. The average molecular weight is 424 g/mol. The Morgan fingerprint density at radius 2 is 2.06 bits per heavy atom. The van der Waals surface area contributed by atoms with Gasteiger partial charge in [-0.25, -0.2) is 0 Å². The number of nitrogens with zero attached hydrogens (tertiary/aromatic N) is 1. The van der Waals surface area contributed by atoms with Crippen molar-refractivity contribution in [1.82, 2.24) is 0 Å². The van der Waals surface area contributed by atoms with Crippen molar-refractivity contribution in [3.63, 3.8) is 0 Å². The molecule has 0 heterocycles. The summed E-state index contributed by atoms with van der Waals surface area (Å²) in [6.07, 6.45) is 13.7. The van der Waals surface area contributed by atoms with Crippen molar-refractivity contribution in [3.8, 4) is 17.6 Å². The second-order valence-electron chi connectivity index (χ2n) is 8.24. The molecule has 31 heavy (non-hydrogen) atoms. The molecule has 1 aromatic rings. The first kappa shape index (κ1) is 26.2. The van der Waals surface area contributed by atoms with E-state index >= 15 is 0 Å². The maximum atomic E-state index is 13.1. The van der Waals surface area contributed by atoms with Gasteiger partial charge in [0.1, 0.15) is 0 Å². The summed E-state index contributed by atoms with van der Waals surface area (Å²) in [4.78, 5) is 13.1. The standard InChI is InChI=1S/C27H37NO3/c1-7-13-22-16-17-24(25(18-22)30-6)31-26(29)27(5,9-3)19-23(20-28)15-12-10-11-14-21(4)8-2/h7-8,10,12-13,16-18,21,23H,2,9,11,14-15,19H2,1,3-6H3/b12-10+,13-7+. The van der Waals surface area contributed by atoms with Crippen LogP contribution in [0.25, 0.3) is 6.08 Å². The lowest BCUT2D eigenvalue weighted by molar-refractivity contribution is -0.146. The first-order chi connectivity index (χ1) is 14.8. The number of esters is 1. The highest BCUT2D eigenvalue weighted by Crippen LogP contribution is 2.36. The Labute approximate surface area is 188 Å². The largest absolute Gasteiger partial charge is 0.493 e. The predicted octanol–water partition coefficient (Wildman–Crippen LogP) is 7.13. The zero-order chi connectivity index (χ0) is 23.3. The normalized spacial score (nSPS) is 15.2. The summed E-state index contributed by atoms with van der Waals surface area (Å²) in [5.74, 6) is 0.806. The van der Waals surface area contributed by atoms with E-state index in [1.54, 1.807) is 13.2 Å². The Balaban J connectivity index is 2.82. The Hall–Kier alpha value is -2.80. The van der Waals surface area contributed by atoms with E-state index in [4.69, 9.17) is 9.47 Å². The summed E-state index contributed by atoms with van der Waals surface area (Å²) in [5, 5.41) is 9.63. The second kappa shape index (κ2) is 13.5. The third kappa shape index (κ3) is 8.45. The van der Waals surface area contributed by atoms with Crippen LogP contribution in [0.2, 0.25) is 0 Å². The minimum atomic E-state index is -0.751. The molecule has 0 aromatic heterocycles. The van der Waals surface area contributed by atoms with E-state index in [0.717, 1.165) is 18.4 Å². The van der Waals surface area contributed by atoms with Crippen LogP contribution in [0.4, 0.5) is 0 Å². The number of carbonyl (C=O) groups is 1. The first-order valence-corrected chi connectivity index (χ1v) is 11.0. The third-order valence-electron chi connectivity index (χ3n) is 5.68. The number of nitriles is 1. The smallest absolute Gasteiger partial charge is 0.317 e. The third-order valence-corrected chi connectivity index (χ3v) is 5.68. The average Bonchev–Trinajstić information content (AvgIpc) is 2.78. The Morgan fingerprint density at radius 1 is 1.32 bits per heavy atom. The van der Waals surface area contributed by atoms with Gasteiger partial charge in [-0.15, -0.1) is 6.58 Å². The molecule has 0 amide bonds. The van der Waals surface area contributed by atoms with Crippen molar-refractivity contribution in [1.29, 1.82) is 5.26 Å². The van der Waals surface area contributed by atoms with Crippen molar-refractivity contribution in [2.24, 2.45) is 17.3 Å². The van der Waals surface area contributed by atoms with Gasteiger partial charge in [0.2, 0.25) is 0 Å². The van der Waals surface area contributed by atoms with Crippen LogP contribution >= 0.6 is 0 Å². The van der Waals surface area contributed by atoms with Gasteiger partial charge in [0, 0.05) is 0 Å². The van der Waals surface area contributed by atoms with Crippen molar-refractivity contribution in [2.45, 2.75) is 59.8 Å². The molecule has 0 aliphatic rings. The molecule has 0 radical (unpaired) electrons. The molecule has 0 fully saturated rings. The molecule has 0 N–H and O–H groups in total. The number of benzene rings is 1. The molecule has 3 unspecified atom stereocenters. The van der Waals surface area contributed by atoms with Crippen LogP contribution in [0.15, 0.2) is 49.1 Å². The maximum Gasteiger partial charge on any atom is 0.317 e. The number of hydrogen-bond acceptors (Lipinski definition) is 4. The Bertz CT molecular complexity index is 818. The van der Waals surface area contributed by atoms with E-state index in [-0.39, 0.29) is 11.9 Å². The lowest BCUT2D eigenvalue weighted by atomic mass is 9.78. The van der Waals surface area contributed by atoms with Gasteiger partial charge in [0.25, 0.3) is 0 Å². The van der Waals surface area contributed by atoms with Crippen molar-refractivity contribution >= 4 is 12.0 Å². The molecule has 3 atom stereocenters. The van der Waals surface area contributed by atoms with E-state index in [2.05, 4.69) is 25.6 Å². The van der Waals surface area contributed by atoms with Crippen LogP contribution in [0.5, 0.6) is 11.5 Å². The number of rotatable bonds is 13. The minimum Gasteiger partial charge on any atom is -0.493 e. The molecule has 4 nitrogen and oxygen atoms in total. The highest BCUT2D eigenvalue weighted by molar-refractivity contribution is 5.79. The summed E-state index contributed by atoms with van der Waals surface area (Å²) in [5.41, 5.74) is 0.217. The number of hydrogen-bond donors (Lipinski definition) is 0. The molecule has 0 saturated heterocycles. The van der Waals surface area contributed by atoms with Gasteiger partial charge in [0.15, 0.2) is 11.5 Å². The van der Waals surface area contributed by atoms with E-state index in [1.807, 2.05) is 57.2 Å². The maximum absolute atomic E-state index is 13.1. The topological polar surface area (TPSA) is 59.3 Å². The minimum absolute atomic E-state index is 0.246. The van der Waals surface area contributed by atoms with Gasteiger partial charge in [-0.05, 0) is 69.6 Å². The van der Waals surface area contributed by atoms with Gasteiger partial charge in [-0.3, -0.25) is 4.79 Å². The zero-order valence-electron chi connectivity index (χ0n) is 19.7. The molecule has 0 bridgehead atoms. The van der Waals surface area contributed by atoms with Crippen molar-refractivity contribution in [3.05, 3.63) is 54.6 Å². The SMILES string of the molecule is C=CC(C)CC/C=C/CC(C#N)CC(C)(CC)C(=O)Oc1ccc(/C=C/C)cc1OC. The quantitative estimate of drug-likeness (QED) is 0.192. The van der Waals surface area contributed by atoms with Gasteiger partial charge < -0.3 is 9.47 Å². The van der Waals surface area contributed by atoms with E-state index < -0.39 is 5.41 Å². The van der Waals surface area contributed by atoms with Gasteiger partial charge in [-0.2, -0.15) is 5.26 Å². The Morgan fingerprint density at radius 3 is 2.65 bits per heavy atom. The molecule has 0 saturated carbocycles. The van der Waals surface area contributed by atoms with Crippen molar-refractivity contribution < 1.29 is 14.3 Å². The van der Waals surface area contributed by atoms with Gasteiger partial charge in [-0.1, -0.05) is 50.3 Å². The molecule has 0 spiro atoms. The van der Waals surface area contributed by atoms with E-state index in [9.17, 15) is 10.1 Å². The van der Waals surface area contributed by atoms with Crippen LogP contribution in [0.3, 0.4) is 0 Å². The summed E-state index contributed by atoms with van der Waals surface area (Å²) in [7, 11) is 1.55. The van der Waals surface area contributed by atoms with E-state index in [0.29, 0.717) is 36.7 Å². The van der Waals surface area contributed by atoms with Crippen LogP contribution in [-0.4, -0.2) is 13.1 Å². The molecule has 4 heteroatoms. The number of allylic oxidation sites excluding steroid dienone is 4. The fourth-order valence-electron chi connectivity index (χ4n) is 3.24. The summed E-state index contributed by atoms with van der Waals surface area (Å²) in [6.45, 7) is 11.7. The summed E-state index contributed by atoms with van der Waals surface area (Å²) >= 11 is 0. The monoisotopic (exact) mass is 423 g/mol. The molecular formula is C27H37NO3. The number of methoxy groups -OCH3 is 1. The predicted molar refractivity (Wildman–Crippen MR) is 128 cm³/mol. The molecule has 168 valence electrons. The van der Waals surface area contributed by atoms with Crippen molar-refractivity contribution in [2.75, 3.05) is 7.11 Å². The highest BCUT2D eigenvalue weighted by atomic mass is 16.6. The summed E-state index contributed by atoms with van der Waals surface area (Å²) < 4.78 is 11.1. The van der Waals surface area contributed by atoms with Crippen LogP contribution in [0, 0.1) is 28.6 Å². The fourth-order valence-corrected chi connectivity index (χ4v) is 3.24. The lowest BCUT2D eigenvalue weighted by Crippen LogP contribution is -2.33. The van der Waals surface area contributed by atoms with E-state index in [1.165, 1.54) is 0 Å². The fraction of sp³-hybridized carbons (Fsp3) is 0.481.